The van der Waals surface area contributed by atoms with Gasteiger partial charge in [-0.05, 0) is 74.4 Å². The number of imide groups is 1. The number of aryl methyl sites for hydroxylation is 2. The molecule has 5 rings (SSSR count). The van der Waals surface area contributed by atoms with Crippen molar-refractivity contribution in [3.63, 3.8) is 0 Å². The second-order valence-corrected chi connectivity index (χ2v) is 9.42. The summed E-state index contributed by atoms with van der Waals surface area (Å²) in [5.74, 6) is -1.67. The molecule has 1 N–H and O–H groups in total. The molecule has 0 spiro atoms. The van der Waals surface area contributed by atoms with E-state index in [1.807, 2.05) is 39.0 Å². The van der Waals surface area contributed by atoms with E-state index in [1.54, 1.807) is 12.1 Å². The van der Waals surface area contributed by atoms with E-state index in [0.717, 1.165) is 17.5 Å². The highest BCUT2D eigenvalue weighted by Gasteiger charge is 2.60. The fourth-order valence-electron chi connectivity index (χ4n) is 5.68. The zero-order chi connectivity index (χ0) is 24.1. The topological polar surface area (TPSA) is 92.8 Å². The van der Waals surface area contributed by atoms with Gasteiger partial charge in [-0.2, -0.15) is 0 Å². The number of para-hydroxylation sites is 1. The number of nitrogens with zero attached hydrogens (tertiary/aromatic N) is 1. The Hall–Kier alpha value is -3.74. The molecule has 2 bridgehead atoms. The molecule has 0 unspecified atom stereocenters. The number of fused-ring (bicyclic) bond motifs is 5. The molecular weight excluding hydrogens is 432 g/mol. The van der Waals surface area contributed by atoms with Crippen molar-refractivity contribution in [3.8, 4) is 0 Å². The predicted molar refractivity (Wildman–Crippen MR) is 126 cm³/mol. The fraction of sp³-hybridized carbons (Fsp3) is 0.333. The molecule has 2 aromatic carbocycles. The Balaban J connectivity index is 1.22. The summed E-state index contributed by atoms with van der Waals surface area (Å²) >= 11 is 0. The molecule has 7 nitrogen and oxygen atoms in total. The van der Waals surface area contributed by atoms with E-state index >= 15 is 0 Å². The quantitative estimate of drug-likeness (QED) is 0.418. The van der Waals surface area contributed by atoms with Crippen molar-refractivity contribution >= 4 is 35.1 Å². The molecule has 3 amide bonds. The Morgan fingerprint density at radius 3 is 2.29 bits per heavy atom. The van der Waals surface area contributed by atoms with Gasteiger partial charge in [0.25, 0.3) is 5.91 Å². The molecule has 2 fully saturated rings. The number of rotatable bonds is 5. The van der Waals surface area contributed by atoms with Crippen molar-refractivity contribution < 1.29 is 23.9 Å². The van der Waals surface area contributed by atoms with Crippen LogP contribution in [-0.4, -0.2) is 30.3 Å². The molecule has 0 aromatic heterocycles. The normalized spacial score (nSPS) is 24.8. The number of ether oxygens (including phenoxy) is 1. The third-order valence-corrected chi connectivity index (χ3v) is 7.32. The number of benzene rings is 2. The molecule has 1 saturated heterocycles. The van der Waals surface area contributed by atoms with Crippen LogP contribution in [0.4, 0.5) is 11.4 Å². The summed E-state index contributed by atoms with van der Waals surface area (Å²) < 4.78 is 5.15. The third kappa shape index (κ3) is 3.52. The second kappa shape index (κ2) is 8.24. The lowest BCUT2D eigenvalue weighted by atomic mass is 9.82. The van der Waals surface area contributed by atoms with Gasteiger partial charge >= 0.3 is 5.97 Å². The van der Waals surface area contributed by atoms with E-state index in [1.165, 1.54) is 22.6 Å². The lowest BCUT2D eigenvalue weighted by Gasteiger charge is -2.19. The molecule has 1 saturated carbocycles. The fourth-order valence-corrected chi connectivity index (χ4v) is 5.68. The summed E-state index contributed by atoms with van der Waals surface area (Å²) in [6, 6.07) is 11.9. The monoisotopic (exact) mass is 458 g/mol. The van der Waals surface area contributed by atoms with Crippen LogP contribution in [0, 0.1) is 37.5 Å². The summed E-state index contributed by atoms with van der Waals surface area (Å²) in [7, 11) is 0. The van der Waals surface area contributed by atoms with E-state index in [9.17, 15) is 19.2 Å². The summed E-state index contributed by atoms with van der Waals surface area (Å²) in [6.45, 7) is 5.39. The maximum atomic E-state index is 13.1. The van der Waals surface area contributed by atoms with Crippen molar-refractivity contribution in [1.29, 1.82) is 0 Å². The average Bonchev–Trinajstić information content (AvgIpc) is 3.45. The maximum absolute atomic E-state index is 13.1. The number of esters is 1. The first-order chi connectivity index (χ1) is 16.3. The van der Waals surface area contributed by atoms with Crippen LogP contribution in [0.2, 0.25) is 0 Å². The Morgan fingerprint density at radius 1 is 0.971 bits per heavy atom. The first-order valence-corrected chi connectivity index (χ1v) is 11.5. The van der Waals surface area contributed by atoms with Crippen molar-refractivity contribution in [2.45, 2.75) is 27.2 Å². The van der Waals surface area contributed by atoms with Crippen LogP contribution in [0.15, 0.2) is 54.1 Å². The van der Waals surface area contributed by atoms with E-state index < -0.39 is 18.5 Å². The van der Waals surface area contributed by atoms with Gasteiger partial charge in [0.1, 0.15) is 0 Å². The Bertz CT molecular complexity index is 1230. The van der Waals surface area contributed by atoms with Crippen molar-refractivity contribution in [1.82, 2.24) is 0 Å². The third-order valence-electron chi connectivity index (χ3n) is 7.32. The smallest absolute Gasteiger partial charge is 0.338 e. The molecule has 1 aliphatic heterocycles. The van der Waals surface area contributed by atoms with E-state index in [2.05, 4.69) is 11.4 Å². The minimum atomic E-state index is -0.656. The number of carbonyl (C=O) groups is 4. The average molecular weight is 459 g/mol. The van der Waals surface area contributed by atoms with E-state index in [0.29, 0.717) is 11.4 Å². The Kier molecular flexibility index (Phi) is 5.35. The second-order valence-electron chi connectivity index (χ2n) is 9.42. The van der Waals surface area contributed by atoms with Crippen molar-refractivity contribution in [2.24, 2.45) is 23.7 Å². The molecule has 3 aliphatic rings. The highest BCUT2D eigenvalue weighted by molar-refractivity contribution is 6.23. The molecular formula is C27H26N2O5. The first kappa shape index (κ1) is 22.1. The predicted octanol–water partition coefficient (Wildman–Crippen LogP) is 3.80. The van der Waals surface area contributed by atoms with Gasteiger partial charge in [-0.1, -0.05) is 29.8 Å². The molecule has 2 aliphatic carbocycles. The minimum Gasteiger partial charge on any atom is -0.452 e. The number of carbonyl (C=O) groups excluding carboxylic acids is 4. The van der Waals surface area contributed by atoms with Gasteiger partial charge in [-0.25, -0.2) is 4.79 Å². The summed E-state index contributed by atoms with van der Waals surface area (Å²) in [5.41, 5.74) is 4.44. The van der Waals surface area contributed by atoms with Gasteiger partial charge in [-0.15, -0.1) is 0 Å². The van der Waals surface area contributed by atoms with E-state index in [-0.39, 0.29) is 41.0 Å². The molecule has 1 heterocycles. The Morgan fingerprint density at radius 2 is 1.62 bits per heavy atom. The largest absolute Gasteiger partial charge is 0.452 e. The molecule has 0 radical (unpaired) electrons. The van der Waals surface area contributed by atoms with Gasteiger partial charge in [0.2, 0.25) is 11.8 Å². The van der Waals surface area contributed by atoms with Gasteiger partial charge in [0.05, 0.1) is 23.1 Å². The van der Waals surface area contributed by atoms with Crippen LogP contribution in [0.5, 0.6) is 0 Å². The zero-order valence-electron chi connectivity index (χ0n) is 19.3. The Labute approximate surface area is 197 Å². The van der Waals surface area contributed by atoms with Crippen molar-refractivity contribution in [3.05, 3.63) is 70.8 Å². The van der Waals surface area contributed by atoms with Crippen LogP contribution >= 0.6 is 0 Å². The van der Waals surface area contributed by atoms with Gasteiger partial charge in [0.15, 0.2) is 6.61 Å². The molecule has 174 valence electrons. The number of amides is 3. The molecule has 2 aromatic rings. The highest BCUT2D eigenvalue weighted by Crippen LogP contribution is 2.55. The summed E-state index contributed by atoms with van der Waals surface area (Å²) in [6.07, 6.45) is 3.02. The van der Waals surface area contributed by atoms with Gasteiger partial charge in [-0.3, -0.25) is 19.3 Å². The number of hydrogen-bond acceptors (Lipinski definition) is 5. The maximum Gasteiger partial charge on any atom is 0.338 e. The number of nitrogens with one attached hydrogen (secondary N) is 1. The molecule has 7 heteroatoms. The first-order valence-electron chi connectivity index (χ1n) is 11.5. The minimum absolute atomic E-state index is 0.139. The SMILES string of the molecule is CC1=C[C@H]2C[C@H]1[C@H]1C(=O)N(c3ccc(C(=O)OCC(=O)Nc4c(C)cccc4C)cc3)C(=O)[C@H]12. The number of hydrogen-bond donors (Lipinski definition) is 1. The summed E-state index contributed by atoms with van der Waals surface area (Å²) in [5, 5.41) is 2.77. The zero-order valence-corrected chi connectivity index (χ0v) is 19.3. The van der Waals surface area contributed by atoms with Crippen LogP contribution in [-0.2, 0) is 19.1 Å². The lowest BCUT2D eigenvalue weighted by Crippen LogP contribution is -2.33. The van der Waals surface area contributed by atoms with Gasteiger partial charge in [0, 0.05) is 5.69 Å². The standard InChI is InChI=1S/C27H26N2O5/c1-14-5-4-6-15(2)24(14)28-21(30)13-34-27(33)17-7-9-19(10-8-17)29-25(31)22-18-11-16(3)20(12-18)23(22)26(29)32/h4-11,18,20,22-23H,12-13H2,1-3H3,(H,28,30)/t18-,20+,22-,23+/m0/s1. The van der Waals surface area contributed by atoms with E-state index in [4.69, 9.17) is 4.74 Å². The van der Waals surface area contributed by atoms with Crippen LogP contribution in [0.3, 0.4) is 0 Å². The van der Waals surface area contributed by atoms with Crippen molar-refractivity contribution in [2.75, 3.05) is 16.8 Å². The lowest BCUT2D eigenvalue weighted by molar-refractivity contribution is -0.123. The van der Waals surface area contributed by atoms with Crippen LogP contribution in [0.25, 0.3) is 0 Å². The highest BCUT2D eigenvalue weighted by atomic mass is 16.5. The summed E-state index contributed by atoms with van der Waals surface area (Å²) in [4.78, 5) is 52.0. The van der Waals surface area contributed by atoms with Crippen LogP contribution < -0.4 is 10.2 Å². The number of allylic oxidation sites excluding steroid dienone is 2. The molecule has 34 heavy (non-hydrogen) atoms. The number of anilines is 2. The van der Waals surface area contributed by atoms with Gasteiger partial charge < -0.3 is 10.1 Å². The van der Waals surface area contributed by atoms with Crippen LogP contribution in [0.1, 0.15) is 34.8 Å². The molecule has 4 atom stereocenters.